The summed E-state index contributed by atoms with van der Waals surface area (Å²) in [6, 6.07) is 20.3. The lowest BCUT2D eigenvalue weighted by atomic mass is 9.88. The van der Waals surface area contributed by atoms with Gasteiger partial charge in [-0.05, 0) is 74.2 Å². The predicted octanol–water partition coefficient (Wildman–Crippen LogP) is 6.03. The number of anilines is 2. The SMILES string of the molecule is Cc1ccccc1N[C@H]1C[C@@H](C)N(C(=O)c2ccc(F)cc2)c2c(C)cccc21. The summed E-state index contributed by atoms with van der Waals surface area (Å²) in [4.78, 5) is 15.2. The van der Waals surface area contributed by atoms with Crippen LogP contribution in [0.4, 0.5) is 15.8 Å². The lowest BCUT2D eigenvalue weighted by molar-refractivity contribution is 0.0974. The smallest absolute Gasteiger partial charge is 0.258 e. The maximum atomic E-state index is 13.3. The first kappa shape index (κ1) is 19.2. The fraction of sp³-hybridized carbons (Fsp3) is 0.240. The molecule has 1 aliphatic heterocycles. The normalized spacial score (nSPS) is 18.3. The number of carbonyl (C=O) groups is 1. The van der Waals surface area contributed by atoms with E-state index in [1.54, 1.807) is 12.1 Å². The molecule has 0 saturated carbocycles. The molecule has 0 bridgehead atoms. The number of nitrogens with zero attached hydrogens (tertiary/aromatic N) is 1. The molecule has 2 atom stereocenters. The Kier molecular flexibility index (Phi) is 5.10. The van der Waals surface area contributed by atoms with Crippen molar-refractivity contribution in [1.29, 1.82) is 0 Å². The van der Waals surface area contributed by atoms with Gasteiger partial charge in [0, 0.05) is 17.3 Å². The molecule has 4 heteroatoms. The third kappa shape index (κ3) is 3.63. The summed E-state index contributed by atoms with van der Waals surface area (Å²) in [5.74, 6) is -0.435. The van der Waals surface area contributed by atoms with Crippen LogP contribution in [0.2, 0.25) is 0 Å². The number of hydrogen-bond acceptors (Lipinski definition) is 2. The zero-order valence-electron chi connectivity index (χ0n) is 16.9. The zero-order valence-corrected chi connectivity index (χ0v) is 16.9. The number of carbonyl (C=O) groups excluding carboxylic acids is 1. The molecule has 3 aromatic carbocycles. The third-order valence-electron chi connectivity index (χ3n) is 5.69. The quantitative estimate of drug-likeness (QED) is 0.594. The minimum atomic E-state index is -0.340. The van der Waals surface area contributed by atoms with Gasteiger partial charge in [0.25, 0.3) is 5.91 Å². The standard InChI is InChI=1S/C25H25FN2O/c1-16-7-4-5-10-22(16)27-23-15-18(3)28(24-17(2)8-6-9-21(23)24)25(29)19-11-13-20(26)14-12-19/h4-14,18,23,27H,15H2,1-3H3/t18-,23+/m1/s1. The van der Waals surface area contributed by atoms with Gasteiger partial charge in [-0.1, -0.05) is 36.4 Å². The van der Waals surface area contributed by atoms with Crippen molar-refractivity contribution in [2.75, 3.05) is 10.2 Å². The minimum Gasteiger partial charge on any atom is -0.378 e. The van der Waals surface area contributed by atoms with Crippen molar-refractivity contribution in [3.63, 3.8) is 0 Å². The number of para-hydroxylation sites is 2. The molecular formula is C25H25FN2O. The van der Waals surface area contributed by atoms with Crippen molar-refractivity contribution in [3.8, 4) is 0 Å². The topological polar surface area (TPSA) is 32.3 Å². The Bertz CT molecular complexity index is 1040. The highest BCUT2D eigenvalue weighted by molar-refractivity contribution is 6.07. The summed E-state index contributed by atoms with van der Waals surface area (Å²) in [6.45, 7) is 6.20. The van der Waals surface area contributed by atoms with E-state index in [-0.39, 0.29) is 23.8 Å². The van der Waals surface area contributed by atoms with Crippen LogP contribution in [0.1, 0.15) is 46.4 Å². The maximum absolute atomic E-state index is 13.3. The second-order valence-electron chi connectivity index (χ2n) is 7.79. The Morgan fingerprint density at radius 1 is 0.966 bits per heavy atom. The molecule has 3 nitrogen and oxygen atoms in total. The number of benzene rings is 3. The molecule has 148 valence electrons. The van der Waals surface area contributed by atoms with Crippen LogP contribution in [0.25, 0.3) is 0 Å². The van der Waals surface area contributed by atoms with Gasteiger partial charge in [0.1, 0.15) is 5.82 Å². The summed E-state index contributed by atoms with van der Waals surface area (Å²) >= 11 is 0. The third-order valence-corrected chi connectivity index (χ3v) is 5.69. The molecule has 0 saturated heterocycles. The Labute approximate surface area is 171 Å². The van der Waals surface area contributed by atoms with Gasteiger partial charge < -0.3 is 10.2 Å². The van der Waals surface area contributed by atoms with E-state index in [0.29, 0.717) is 5.56 Å². The van der Waals surface area contributed by atoms with Gasteiger partial charge in [-0.2, -0.15) is 0 Å². The van der Waals surface area contributed by atoms with Crippen LogP contribution >= 0.6 is 0 Å². The van der Waals surface area contributed by atoms with Crippen molar-refractivity contribution in [1.82, 2.24) is 0 Å². The molecule has 4 rings (SSSR count). The molecule has 0 aliphatic carbocycles. The average molecular weight is 388 g/mol. The second kappa shape index (κ2) is 7.70. The van der Waals surface area contributed by atoms with Gasteiger partial charge in [-0.3, -0.25) is 4.79 Å². The minimum absolute atomic E-state index is 0.00247. The summed E-state index contributed by atoms with van der Waals surface area (Å²) in [5.41, 5.74) is 5.92. The lowest BCUT2D eigenvalue weighted by Gasteiger charge is -2.41. The van der Waals surface area contributed by atoms with Crippen LogP contribution in [0.5, 0.6) is 0 Å². The van der Waals surface area contributed by atoms with E-state index in [1.807, 2.05) is 36.1 Å². The summed E-state index contributed by atoms with van der Waals surface area (Å²) < 4.78 is 13.3. The molecule has 0 spiro atoms. The van der Waals surface area contributed by atoms with Crippen molar-refractivity contribution >= 4 is 17.3 Å². The molecular weight excluding hydrogens is 363 g/mol. The van der Waals surface area contributed by atoms with E-state index in [0.717, 1.165) is 28.9 Å². The van der Waals surface area contributed by atoms with Crippen LogP contribution < -0.4 is 10.2 Å². The monoisotopic (exact) mass is 388 g/mol. The first-order valence-electron chi connectivity index (χ1n) is 9.96. The fourth-order valence-electron chi connectivity index (χ4n) is 4.18. The van der Waals surface area contributed by atoms with Gasteiger partial charge in [-0.25, -0.2) is 4.39 Å². The maximum Gasteiger partial charge on any atom is 0.258 e. The van der Waals surface area contributed by atoms with E-state index in [4.69, 9.17) is 0 Å². The van der Waals surface area contributed by atoms with Gasteiger partial charge in [0.2, 0.25) is 0 Å². The highest BCUT2D eigenvalue weighted by Gasteiger charge is 2.35. The van der Waals surface area contributed by atoms with Crippen LogP contribution in [0.3, 0.4) is 0 Å². The number of halogens is 1. The molecule has 1 aliphatic rings. The number of aryl methyl sites for hydroxylation is 2. The zero-order chi connectivity index (χ0) is 20.5. The molecule has 0 radical (unpaired) electrons. The molecule has 1 N–H and O–H groups in total. The number of nitrogens with one attached hydrogen (secondary N) is 1. The number of amides is 1. The largest absolute Gasteiger partial charge is 0.378 e. The van der Waals surface area contributed by atoms with E-state index in [2.05, 4.69) is 37.4 Å². The lowest BCUT2D eigenvalue weighted by Crippen LogP contribution is -2.44. The van der Waals surface area contributed by atoms with E-state index in [1.165, 1.54) is 17.7 Å². The summed E-state index contributed by atoms with van der Waals surface area (Å²) in [6.07, 6.45) is 0.789. The van der Waals surface area contributed by atoms with Gasteiger partial charge in [0.05, 0.1) is 11.7 Å². The highest BCUT2D eigenvalue weighted by Crippen LogP contribution is 2.41. The second-order valence-corrected chi connectivity index (χ2v) is 7.79. The van der Waals surface area contributed by atoms with Gasteiger partial charge in [-0.15, -0.1) is 0 Å². The van der Waals surface area contributed by atoms with Crippen molar-refractivity contribution in [3.05, 3.63) is 94.8 Å². The molecule has 1 amide bonds. The van der Waals surface area contributed by atoms with Crippen molar-refractivity contribution in [2.45, 2.75) is 39.3 Å². The van der Waals surface area contributed by atoms with Gasteiger partial charge in [0.15, 0.2) is 0 Å². The van der Waals surface area contributed by atoms with E-state index >= 15 is 0 Å². The van der Waals surface area contributed by atoms with Crippen LogP contribution in [-0.4, -0.2) is 11.9 Å². The molecule has 0 aromatic heterocycles. The first-order chi connectivity index (χ1) is 14.0. The van der Waals surface area contributed by atoms with Crippen LogP contribution in [0.15, 0.2) is 66.7 Å². The Morgan fingerprint density at radius 2 is 1.66 bits per heavy atom. The fourth-order valence-corrected chi connectivity index (χ4v) is 4.18. The van der Waals surface area contributed by atoms with E-state index in [9.17, 15) is 9.18 Å². The molecule has 0 fully saturated rings. The van der Waals surface area contributed by atoms with Crippen molar-refractivity contribution in [2.24, 2.45) is 0 Å². The number of fused-ring (bicyclic) bond motifs is 1. The van der Waals surface area contributed by atoms with Crippen molar-refractivity contribution < 1.29 is 9.18 Å². The van der Waals surface area contributed by atoms with Gasteiger partial charge >= 0.3 is 0 Å². The average Bonchev–Trinajstić information content (AvgIpc) is 2.70. The summed E-state index contributed by atoms with van der Waals surface area (Å²) in [7, 11) is 0. The number of hydrogen-bond donors (Lipinski definition) is 1. The summed E-state index contributed by atoms with van der Waals surface area (Å²) in [5, 5.41) is 3.68. The first-order valence-corrected chi connectivity index (χ1v) is 9.96. The Balaban J connectivity index is 1.74. The molecule has 3 aromatic rings. The van der Waals surface area contributed by atoms with E-state index < -0.39 is 0 Å². The Hall–Kier alpha value is -3.14. The number of rotatable bonds is 3. The van der Waals surface area contributed by atoms with Crippen LogP contribution in [0, 0.1) is 19.7 Å². The highest BCUT2D eigenvalue weighted by atomic mass is 19.1. The molecule has 1 heterocycles. The molecule has 29 heavy (non-hydrogen) atoms. The van der Waals surface area contributed by atoms with Crippen LogP contribution in [-0.2, 0) is 0 Å². The molecule has 0 unspecified atom stereocenters. The Morgan fingerprint density at radius 3 is 2.38 bits per heavy atom. The predicted molar refractivity (Wildman–Crippen MR) is 116 cm³/mol.